The van der Waals surface area contributed by atoms with Gasteiger partial charge in [-0.3, -0.25) is 0 Å². The van der Waals surface area contributed by atoms with Crippen molar-refractivity contribution in [2.45, 2.75) is 11.8 Å². The summed E-state index contributed by atoms with van der Waals surface area (Å²) in [6.45, 7) is 1.99. The van der Waals surface area contributed by atoms with Crippen molar-refractivity contribution >= 4 is 33.2 Å². The first-order valence-corrected chi connectivity index (χ1v) is 6.32. The third kappa shape index (κ3) is 1.41. The molecule has 0 aliphatic carbocycles. The Kier molecular flexibility index (Phi) is 2.49. The van der Waals surface area contributed by atoms with E-state index >= 15 is 0 Å². The maximum absolute atomic E-state index is 8.89. The second kappa shape index (κ2) is 3.64. The molecule has 0 saturated heterocycles. The standard InChI is InChI=1S/C11H9NS2/c1-7-3-9-10(4-8(7)5-12)14-6-11(9)13-2/h3-4,6H,1-2H3. The lowest BCUT2D eigenvalue weighted by Crippen LogP contribution is -1.80. The first-order valence-electron chi connectivity index (χ1n) is 4.22. The zero-order chi connectivity index (χ0) is 10.1. The van der Waals surface area contributed by atoms with E-state index in [2.05, 4.69) is 23.8 Å². The summed E-state index contributed by atoms with van der Waals surface area (Å²) in [6, 6.07) is 6.30. The highest BCUT2D eigenvalue weighted by atomic mass is 32.2. The summed E-state index contributed by atoms with van der Waals surface area (Å²) in [4.78, 5) is 1.30. The Balaban J connectivity index is 2.77. The van der Waals surface area contributed by atoms with Crippen LogP contribution in [0, 0.1) is 18.3 Å². The predicted molar refractivity (Wildman–Crippen MR) is 63.1 cm³/mol. The van der Waals surface area contributed by atoms with Gasteiger partial charge in [-0.15, -0.1) is 23.1 Å². The van der Waals surface area contributed by atoms with Crippen LogP contribution in [0.25, 0.3) is 10.1 Å². The molecule has 0 amide bonds. The fraction of sp³-hybridized carbons (Fsp3) is 0.182. The fourth-order valence-corrected chi connectivity index (χ4v) is 3.26. The molecule has 0 atom stereocenters. The Morgan fingerprint density at radius 3 is 2.86 bits per heavy atom. The van der Waals surface area contributed by atoms with Gasteiger partial charge >= 0.3 is 0 Å². The summed E-state index contributed by atoms with van der Waals surface area (Å²) in [6.07, 6.45) is 2.08. The number of nitriles is 1. The maximum atomic E-state index is 8.89. The average Bonchev–Trinajstić information content (AvgIpc) is 2.58. The molecular weight excluding hydrogens is 210 g/mol. The summed E-state index contributed by atoms with van der Waals surface area (Å²) in [7, 11) is 0. The van der Waals surface area contributed by atoms with Crippen molar-refractivity contribution in [3.05, 3.63) is 28.6 Å². The molecule has 0 bridgehead atoms. The van der Waals surface area contributed by atoms with Gasteiger partial charge in [-0.2, -0.15) is 5.26 Å². The molecule has 1 heterocycles. The first-order chi connectivity index (χ1) is 6.76. The van der Waals surface area contributed by atoms with Crippen LogP contribution in [-0.2, 0) is 0 Å². The Bertz CT molecular complexity index is 520. The lowest BCUT2D eigenvalue weighted by Gasteiger charge is -1.98. The largest absolute Gasteiger partial charge is 0.192 e. The SMILES string of the molecule is CSc1csc2cc(C#N)c(C)cc12. The molecule has 0 aliphatic rings. The van der Waals surface area contributed by atoms with Gasteiger partial charge in [0.25, 0.3) is 0 Å². The molecule has 0 fully saturated rings. The highest BCUT2D eigenvalue weighted by Gasteiger charge is 2.06. The second-order valence-electron chi connectivity index (χ2n) is 3.08. The smallest absolute Gasteiger partial charge is 0.0994 e. The van der Waals surface area contributed by atoms with Crippen LogP contribution in [0.5, 0.6) is 0 Å². The van der Waals surface area contributed by atoms with Gasteiger partial charge in [0.15, 0.2) is 0 Å². The zero-order valence-corrected chi connectivity index (χ0v) is 9.63. The molecule has 2 rings (SSSR count). The summed E-state index contributed by atoms with van der Waals surface area (Å²) < 4.78 is 1.21. The van der Waals surface area contributed by atoms with Crippen LogP contribution in [0.1, 0.15) is 11.1 Å². The normalized spacial score (nSPS) is 10.4. The molecule has 0 N–H and O–H groups in total. The molecule has 0 radical (unpaired) electrons. The van der Waals surface area contributed by atoms with Gasteiger partial charge in [-0.25, -0.2) is 0 Å². The van der Waals surface area contributed by atoms with Gasteiger partial charge in [-0.1, -0.05) is 0 Å². The van der Waals surface area contributed by atoms with E-state index in [1.54, 1.807) is 23.1 Å². The van der Waals surface area contributed by atoms with E-state index in [0.29, 0.717) is 0 Å². The number of hydrogen-bond acceptors (Lipinski definition) is 3. The van der Waals surface area contributed by atoms with Crippen molar-refractivity contribution in [2.24, 2.45) is 0 Å². The van der Waals surface area contributed by atoms with Crippen LogP contribution in [-0.4, -0.2) is 6.26 Å². The van der Waals surface area contributed by atoms with E-state index in [9.17, 15) is 0 Å². The summed E-state index contributed by atoms with van der Waals surface area (Å²) in [5, 5.41) is 12.3. The van der Waals surface area contributed by atoms with Crippen molar-refractivity contribution in [3.63, 3.8) is 0 Å². The van der Waals surface area contributed by atoms with E-state index in [1.165, 1.54) is 15.0 Å². The topological polar surface area (TPSA) is 23.8 Å². The van der Waals surface area contributed by atoms with Crippen LogP contribution in [0.4, 0.5) is 0 Å². The number of benzene rings is 1. The number of fused-ring (bicyclic) bond motifs is 1. The maximum Gasteiger partial charge on any atom is 0.0994 e. The Morgan fingerprint density at radius 1 is 1.43 bits per heavy atom. The molecule has 0 unspecified atom stereocenters. The Hall–Kier alpha value is -0.980. The molecular formula is C11H9NS2. The van der Waals surface area contributed by atoms with E-state index in [1.807, 2.05) is 13.0 Å². The highest BCUT2D eigenvalue weighted by Crippen LogP contribution is 2.33. The minimum absolute atomic E-state index is 0.784. The van der Waals surface area contributed by atoms with Crippen molar-refractivity contribution < 1.29 is 0 Å². The lowest BCUT2D eigenvalue weighted by molar-refractivity contribution is 1.41. The van der Waals surface area contributed by atoms with Gasteiger partial charge in [0.2, 0.25) is 0 Å². The van der Waals surface area contributed by atoms with Crippen molar-refractivity contribution in [1.29, 1.82) is 5.26 Å². The van der Waals surface area contributed by atoms with Crippen LogP contribution < -0.4 is 0 Å². The minimum Gasteiger partial charge on any atom is -0.192 e. The van der Waals surface area contributed by atoms with Crippen LogP contribution >= 0.6 is 23.1 Å². The van der Waals surface area contributed by atoms with Crippen LogP contribution in [0.3, 0.4) is 0 Å². The predicted octanol–water partition coefficient (Wildman–Crippen LogP) is 3.80. The number of nitrogens with zero attached hydrogens (tertiary/aromatic N) is 1. The minimum atomic E-state index is 0.784. The molecule has 1 aromatic heterocycles. The molecule has 0 aliphatic heterocycles. The number of thioether (sulfide) groups is 1. The fourth-order valence-electron chi connectivity index (χ4n) is 1.44. The molecule has 1 nitrogen and oxygen atoms in total. The number of aryl methyl sites for hydroxylation is 1. The van der Waals surface area contributed by atoms with Crippen molar-refractivity contribution in [3.8, 4) is 6.07 Å². The van der Waals surface area contributed by atoms with Crippen LogP contribution in [0.2, 0.25) is 0 Å². The summed E-state index contributed by atoms with van der Waals surface area (Å²) in [5.74, 6) is 0. The van der Waals surface area contributed by atoms with Gasteiger partial charge in [0, 0.05) is 20.4 Å². The molecule has 14 heavy (non-hydrogen) atoms. The van der Waals surface area contributed by atoms with Gasteiger partial charge in [-0.05, 0) is 30.9 Å². The highest BCUT2D eigenvalue weighted by molar-refractivity contribution is 7.99. The number of thiophene rings is 1. The van der Waals surface area contributed by atoms with E-state index in [4.69, 9.17) is 5.26 Å². The summed E-state index contributed by atoms with van der Waals surface area (Å²) >= 11 is 3.46. The van der Waals surface area contributed by atoms with Crippen molar-refractivity contribution in [2.75, 3.05) is 6.26 Å². The Labute approximate surface area is 91.4 Å². The zero-order valence-electron chi connectivity index (χ0n) is 8.00. The van der Waals surface area contributed by atoms with E-state index < -0.39 is 0 Å². The second-order valence-corrected chi connectivity index (χ2v) is 4.84. The van der Waals surface area contributed by atoms with Gasteiger partial charge in [0.05, 0.1) is 11.6 Å². The van der Waals surface area contributed by atoms with E-state index in [0.717, 1.165) is 11.1 Å². The summed E-state index contributed by atoms with van der Waals surface area (Å²) in [5.41, 5.74) is 1.85. The third-order valence-corrected chi connectivity index (χ3v) is 4.10. The van der Waals surface area contributed by atoms with Gasteiger partial charge < -0.3 is 0 Å². The molecule has 0 spiro atoms. The lowest BCUT2D eigenvalue weighted by atomic mass is 10.1. The van der Waals surface area contributed by atoms with E-state index in [-0.39, 0.29) is 0 Å². The quantitative estimate of drug-likeness (QED) is 0.681. The first kappa shape index (κ1) is 9.57. The number of hydrogen-bond donors (Lipinski definition) is 0. The molecule has 3 heteroatoms. The van der Waals surface area contributed by atoms with Crippen LogP contribution in [0.15, 0.2) is 22.4 Å². The molecule has 0 saturated carbocycles. The van der Waals surface area contributed by atoms with Crippen molar-refractivity contribution in [1.82, 2.24) is 0 Å². The average molecular weight is 219 g/mol. The molecule has 1 aromatic carbocycles. The molecule has 2 aromatic rings. The van der Waals surface area contributed by atoms with Gasteiger partial charge in [0.1, 0.15) is 0 Å². The third-order valence-electron chi connectivity index (χ3n) is 2.23. The Morgan fingerprint density at radius 2 is 2.21 bits per heavy atom. The number of rotatable bonds is 1. The monoisotopic (exact) mass is 219 g/mol. The molecule has 70 valence electrons.